The van der Waals surface area contributed by atoms with E-state index >= 15 is 0 Å². The highest BCUT2D eigenvalue weighted by molar-refractivity contribution is 5.00. The van der Waals surface area contributed by atoms with Gasteiger partial charge in [-0.05, 0) is 38.4 Å². The summed E-state index contributed by atoms with van der Waals surface area (Å²) in [6.45, 7) is 7.05. The Morgan fingerprint density at radius 3 is 3.19 bits per heavy atom. The zero-order valence-corrected chi connectivity index (χ0v) is 9.93. The van der Waals surface area contributed by atoms with Gasteiger partial charge in [-0.25, -0.2) is 0 Å². The monoisotopic (exact) mass is 220 g/mol. The molecular weight excluding hydrogens is 200 g/mol. The zero-order chi connectivity index (χ0) is 11.0. The van der Waals surface area contributed by atoms with E-state index < -0.39 is 0 Å². The second-order valence-corrected chi connectivity index (χ2v) is 5.15. The van der Waals surface area contributed by atoms with Crippen molar-refractivity contribution in [3.63, 3.8) is 0 Å². The Morgan fingerprint density at radius 2 is 2.38 bits per heavy atom. The smallest absolute Gasteiger partial charge is 0.117 e. The first-order valence-corrected chi connectivity index (χ1v) is 6.33. The Bertz CT molecular complexity index is 336. The molecule has 0 saturated carbocycles. The first-order valence-electron chi connectivity index (χ1n) is 6.33. The van der Waals surface area contributed by atoms with Crippen molar-refractivity contribution in [2.24, 2.45) is 0 Å². The number of hydrogen-bond acceptors (Lipinski definition) is 3. The average molecular weight is 220 g/mol. The maximum atomic E-state index is 5.44. The molecule has 2 aliphatic heterocycles. The summed E-state index contributed by atoms with van der Waals surface area (Å²) < 4.78 is 5.44. The van der Waals surface area contributed by atoms with Crippen LogP contribution in [0.4, 0.5) is 0 Å². The Kier molecular flexibility index (Phi) is 2.74. The molecule has 0 spiro atoms. The molecule has 3 heterocycles. The van der Waals surface area contributed by atoms with Crippen LogP contribution in [0.25, 0.3) is 0 Å². The number of hydrogen-bond donors (Lipinski definition) is 0. The fourth-order valence-corrected chi connectivity index (χ4v) is 3.07. The minimum Gasteiger partial charge on any atom is -0.468 e. The van der Waals surface area contributed by atoms with Crippen molar-refractivity contribution < 1.29 is 4.42 Å². The fraction of sp³-hybridized carbons (Fsp3) is 0.692. The summed E-state index contributed by atoms with van der Waals surface area (Å²) in [4.78, 5) is 5.22. The fourth-order valence-electron chi connectivity index (χ4n) is 3.07. The number of rotatable bonds is 2. The second kappa shape index (κ2) is 4.22. The molecule has 0 aliphatic carbocycles. The molecular formula is C13H20N2O. The third-order valence-corrected chi connectivity index (χ3v) is 4.01. The molecule has 88 valence electrons. The lowest BCUT2D eigenvalue weighted by Gasteiger charge is -2.41. The molecule has 0 unspecified atom stereocenters. The molecule has 0 amide bonds. The first kappa shape index (κ1) is 10.4. The summed E-state index contributed by atoms with van der Waals surface area (Å²) in [6, 6.07) is 5.50. The van der Waals surface area contributed by atoms with Gasteiger partial charge in [0.2, 0.25) is 0 Å². The van der Waals surface area contributed by atoms with Crippen molar-refractivity contribution in [1.29, 1.82) is 0 Å². The summed E-state index contributed by atoms with van der Waals surface area (Å²) in [5.74, 6) is 1.10. The molecule has 0 N–H and O–H groups in total. The molecule has 0 aromatic carbocycles. The molecule has 2 fully saturated rings. The molecule has 3 nitrogen and oxygen atoms in total. The van der Waals surface area contributed by atoms with Crippen LogP contribution in [0.1, 0.15) is 25.5 Å². The predicted molar refractivity (Wildman–Crippen MR) is 63.2 cm³/mol. The molecule has 1 aromatic rings. The number of fused-ring (bicyclic) bond motifs is 1. The molecule has 2 saturated heterocycles. The van der Waals surface area contributed by atoms with E-state index in [1.54, 1.807) is 6.26 Å². The van der Waals surface area contributed by atoms with Gasteiger partial charge in [0.25, 0.3) is 0 Å². The summed E-state index contributed by atoms with van der Waals surface area (Å²) in [7, 11) is 0. The summed E-state index contributed by atoms with van der Waals surface area (Å²) in [5, 5.41) is 0. The standard InChI is InChI=1S/C13H20N2O/c1-11-8-14-6-2-4-12(14)9-15(11)10-13-5-3-7-16-13/h3,5,7,11-12H,2,4,6,8-10H2,1H3/t11-,12-/m1/s1. The van der Waals surface area contributed by atoms with Crippen molar-refractivity contribution in [3.05, 3.63) is 24.2 Å². The van der Waals surface area contributed by atoms with Gasteiger partial charge < -0.3 is 4.42 Å². The van der Waals surface area contributed by atoms with E-state index in [2.05, 4.69) is 22.8 Å². The van der Waals surface area contributed by atoms with Gasteiger partial charge in [-0.15, -0.1) is 0 Å². The summed E-state index contributed by atoms with van der Waals surface area (Å²) >= 11 is 0. The van der Waals surface area contributed by atoms with Crippen LogP contribution in [0.15, 0.2) is 22.8 Å². The van der Waals surface area contributed by atoms with Gasteiger partial charge in [-0.3, -0.25) is 9.80 Å². The van der Waals surface area contributed by atoms with Crippen LogP contribution in [0, 0.1) is 0 Å². The average Bonchev–Trinajstić information content (AvgIpc) is 2.89. The zero-order valence-electron chi connectivity index (χ0n) is 9.93. The van der Waals surface area contributed by atoms with Crippen molar-refractivity contribution in [1.82, 2.24) is 9.80 Å². The van der Waals surface area contributed by atoms with Crippen LogP contribution in [0.5, 0.6) is 0 Å². The van der Waals surface area contributed by atoms with Crippen molar-refractivity contribution in [2.45, 2.75) is 38.4 Å². The van der Waals surface area contributed by atoms with Crippen molar-refractivity contribution in [2.75, 3.05) is 19.6 Å². The lowest BCUT2D eigenvalue weighted by Crippen LogP contribution is -2.54. The number of piperazine rings is 1. The number of nitrogens with zero attached hydrogens (tertiary/aromatic N) is 2. The molecule has 3 rings (SSSR count). The van der Waals surface area contributed by atoms with Gasteiger partial charge in [-0.2, -0.15) is 0 Å². The van der Waals surface area contributed by atoms with Crippen LogP contribution in [0.2, 0.25) is 0 Å². The van der Waals surface area contributed by atoms with Crippen LogP contribution < -0.4 is 0 Å². The van der Waals surface area contributed by atoms with Crippen LogP contribution in [-0.2, 0) is 6.54 Å². The Morgan fingerprint density at radius 1 is 1.44 bits per heavy atom. The van der Waals surface area contributed by atoms with Gasteiger partial charge in [0.1, 0.15) is 5.76 Å². The van der Waals surface area contributed by atoms with E-state index in [0.29, 0.717) is 6.04 Å². The largest absolute Gasteiger partial charge is 0.468 e. The minimum absolute atomic E-state index is 0.652. The third kappa shape index (κ3) is 1.89. The van der Waals surface area contributed by atoms with Crippen LogP contribution in [0.3, 0.4) is 0 Å². The lowest BCUT2D eigenvalue weighted by molar-refractivity contribution is 0.0494. The summed E-state index contributed by atoms with van der Waals surface area (Å²) in [5.41, 5.74) is 0. The maximum Gasteiger partial charge on any atom is 0.117 e. The van der Waals surface area contributed by atoms with Gasteiger partial charge in [0.15, 0.2) is 0 Å². The third-order valence-electron chi connectivity index (χ3n) is 4.01. The highest BCUT2D eigenvalue weighted by Gasteiger charge is 2.34. The lowest BCUT2D eigenvalue weighted by atomic mass is 10.1. The molecule has 2 atom stereocenters. The van der Waals surface area contributed by atoms with Crippen molar-refractivity contribution >= 4 is 0 Å². The highest BCUT2D eigenvalue weighted by atomic mass is 16.3. The first-order chi connectivity index (χ1) is 7.83. The Labute approximate surface area is 97.0 Å². The molecule has 2 aliphatic rings. The molecule has 0 radical (unpaired) electrons. The van der Waals surface area contributed by atoms with E-state index in [0.717, 1.165) is 18.3 Å². The van der Waals surface area contributed by atoms with E-state index in [4.69, 9.17) is 4.42 Å². The van der Waals surface area contributed by atoms with Gasteiger partial charge in [0, 0.05) is 25.2 Å². The van der Waals surface area contributed by atoms with Crippen molar-refractivity contribution in [3.8, 4) is 0 Å². The molecule has 1 aromatic heterocycles. The minimum atomic E-state index is 0.652. The normalized spacial score (nSPS) is 31.8. The molecule has 0 bridgehead atoms. The van der Waals surface area contributed by atoms with Gasteiger partial charge >= 0.3 is 0 Å². The summed E-state index contributed by atoms with van der Waals surface area (Å²) in [6.07, 6.45) is 4.53. The Balaban J connectivity index is 1.66. The van der Waals surface area contributed by atoms with E-state index in [1.165, 1.54) is 32.5 Å². The predicted octanol–water partition coefficient (Wildman–Crippen LogP) is 1.95. The van der Waals surface area contributed by atoms with Gasteiger partial charge in [-0.1, -0.05) is 0 Å². The molecule has 16 heavy (non-hydrogen) atoms. The van der Waals surface area contributed by atoms with E-state index in [1.807, 2.05) is 6.07 Å². The quantitative estimate of drug-likeness (QED) is 0.759. The second-order valence-electron chi connectivity index (χ2n) is 5.15. The maximum absolute atomic E-state index is 5.44. The Hall–Kier alpha value is -0.800. The SMILES string of the molecule is C[C@@H]1CN2CCC[C@@H]2CN1Cc1ccco1. The van der Waals surface area contributed by atoms with E-state index in [-0.39, 0.29) is 0 Å². The highest BCUT2D eigenvalue weighted by Crippen LogP contribution is 2.25. The van der Waals surface area contributed by atoms with Crippen LogP contribution in [-0.4, -0.2) is 41.5 Å². The molecule has 3 heteroatoms. The topological polar surface area (TPSA) is 19.6 Å². The van der Waals surface area contributed by atoms with E-state index in [9.17, 15) is 0 Å². The van der Waals surface area contributed by atoms with Gasteiger partial charge in [0.05, 0.1) is 12.8 Å². The van der Waals surface area contributed by atoms with Crippen LogP contribution >= 0.6 is 0 Å². The number of furan rings is 1.